The Morgan fingerprint density at radius 3 is 1.28 bits per heavy atom. The van der Waals surface area contributed by atoms with E-state index in [4.69, 9.17) is 28.4 Å². The van der Waals surface area contributed by atoms with Gasteiger partial charge in [0.25, 0.3) is 0 Å². The van der Waals surface area contributed by atoms with Crippen LogP contribution in [-0.2, 0) is 33.2 Å². The molecular weight excluding hydrogens is 909 g/mol. The number of carbonyl (C=O) groups excluding carboxylic acids is 1. The topological polar surface area (TPSA) is 214 Å². The Kier molecular flexibility index (Phi) is 41.7. The Balaban J connectivity index is 1.70. The second kappa shape index (κ2) is 45.0. The number of rotatable bonds is 48. The van der Waals surface area contributed by atoms with E-state index in [2.05, 4.69) is 26.0 Å². The standard InChI is InChI=1S/C57H108O14/c1-3-5-7-9-11-13-15-17-19-20-21-22-23-24-25-27-29-31-33-35-37-39-41-66-43-46(69-49(59)40-38-36-34-32-30-28-26-18-16-14-12-10-8-6-4-2)44-67-56-55(65)53(63)51(61)48(71-56)45-68-57-54(64)52(62)50(60)47(42-58)70-57/h18,26,46-48,50-58,60-65H,3-17,19-25,27-45H2,1-2H3/b26-18-. The molecule has 2 rings (SSSR count). The van der Waals surface area contributed by atoms with Crippen LogP contribution in [0.3, 0.4) is 0 Å². The molecule has 2 aliphatic heterocycles. The lowest BCUT2D eigenvalue weighted by Crippen LogP contribution is -2.61. The van der Waals surface area contributed by atoms with Gasteiger partial charge in [-0.1, -0.05) is 212 Å². The van der Waals surface area contributed by atoms with Crippen LogP contribution in [0.4, 0.5) is 0 Å². The average Bonchev–Trinajstić information content (AvgIpc) is 3.37. The van der Waals surface area contributed by atoms with E-state index in [-0.39, 0.29) is 25.6 Å². The quantitative estimate of drug-likeness (QED) is 0.0172. The van der Waals surface area contributed by atoms with E-state index in [1.54, 1.807) is 0 Å². The summed E-state index contributed by atoms with van der Waals surface area (Å²) in [6.07, 6.45) is 32.8. The van der Waals surface area contributed by atoms with Gasteiger partial charge in [-0.25, -0.2) is 0 Å². The molecule has 2 heterocycles. The molecule has 71 heavy (non-hydrogen) atoms. The average molecular weight is 1020 g/mol. The summed E-state index contributed by atoms with van der Waals surface area (Å²) in [5.74, 6) is -0.379. The van der Waals surface area contributed by atoms with Gasteiger partial charge < -0.3 is 64.2 Å². The van der Waals surface area contributed by atoms with Gasteiger partial charge in [-0.2, -0.15) is 0 Å². The number of esters is 1. The Hall–Kier alpha value is -1.27. The van der Waals surface area contributed by atoms with Crippen LogP contribution in [0.1, 0.15) is 245 Å². The Morgan fingerprint density at radius 2 is 0.831 bits per heavy atom. The minimum atomic E-state index is -1.70. The number of ether oxygens (including phenoxy) is 6. The maximum absolute atomic E-state index is 13.0. The van der Waals surface area contributed by atoms with Crippen LogP contribution >= 0.6 is 0 Å². The van der Waals surface area contributed by atoms with E-state index < -0.39 is 80.7 Å². The van der Waals surface area contributed by atoms with Crippen molar-refractivity contribution >= 4 is 5.97 Å². The highest BCUT2D eigenvalue weighted by Crippen LogP contribution is 2.27. The molecule has 11 unspecified atom stereocenters. The molecule has 2 aliphatic rings. The van der Waals surface area contributed by atoms with Crippen molar-refractivity contribution < 1.29 is 69.0 Å². The molecule has 0 amide bonds. The number of allylic oxidation sites excluding steroid dienone is 2. The van der Waals surface area contributed by atoms with Crippen molar-refractivity contribution in [1.29, 1.82) is 0 Å². The van der Waals surface area contributed by atoms with Gasteiger partial charge >= 0.3 is 5.97 Å². The summed E-state index contributed by atoms with van der Waals surface area (Å²) in [6, 6.07) is 0. The largest absolute Gasteiger partial charge is 0.457 e. The van der Waals surface area contributed by atoms with E-state index in [0.29, 0.717) is 13.0 Å². The fourth-order valence-corrected chi connectivity index (χ4v) is 9.52. The lowest BCUT2D eigenvalue weighted by Gasteiger charge is -2.42. The first-order valence-corrected chi connectivity index (χ1v) is 29.3. The van der Waals surface area contributed by atoms with Gasteiger partial charge in [-0.15, -0.1) is 0 Å². The molecule has 0 spiro atoms. The number of hydrogen-bond acceptors (Lipinski definition) is 14. The van der Waals surface area contributed by atoms with E-state index in [1.807, 2.05) is 0 Å². The fraction of sp³-hybridized carbons (Fsp3) is 0.947. The highest BCUT2D eigenvalue weighted by Gasteiger charge is 2.47. The molecule has 0 aromatic heterocycles. The minimum absolute atomic E-state index is 0.0645. The number of carbonyl (C=O) groups is 1. The second-order valence-electron chi connectivity index (χ2n) is 20.8. The lowest BCUT2D eigenvalue weighted by atomic mass is 9.98. The molecular formula is C57H108O14. The molecule has 0 aromatic rings. The molecule has 0 radical (unpaired) electrons. The van der Waals surface area contributed by atoms with Crippen molar-refractivity contribution in [3.05, 3.63) is 12.2 Å². The lowest BCUT2D eigenvalue weighted by molar-refractivity contribution is -0.332. The Bertz CT molecular complexity index is 1230. The van der Waals surface area contributed by atoms with Crippen molar-refractivity contribution in [3.63, 3.8) is 0 Å². The summed E-state index contributed by atoms with van der Waals surface area (Å²) in [5, 5.41) is 72.3. The van der Waals surface area contributed by atoms with Crippen molar-refractivity contribution in [3.8, 4) is 0 Å². The van der Waals surface area contributed by atoms with Crippen LogP contribution in [0.25, 0.3) is 0 Å². The molecule has 2 fully saturated rings. The smallest absolute Gasteiger partial charge is 0.306 e. The molecule has 11 atom stereocenters. The molecule has 14 nitrogen and oxygen atoms in total. The van der Waals surface area contributed by atoms with Crippen molar-refractivity contribution in [2.75, 3.05) is 33.0 Å². The van der Waals surface area contributed by atoms with Crippen LogP contribution < -0.4 is 0 Å². The zero-order valence-corrected chi connectivity index (χ0v) is 45.0. The third-order valence-corrected chi connectivity index (χ3v) is 14.3. The first-order chi connectivity index (χ1) is 34.6. The van der Waals surface area contributed by atoms with E-state index in [0.717, 1.165) is 57.8 Å². The molecule has 0 saturated carbocycles. The van der Waals surface area contributed by atoms with Crippen LogP contribution in [0.15, 0.2) is 12.2 Å². The van der Waals surface area contributed by atoms with Crippen molar-refractivity contribution in [2.24, 2.45) is 0 Å². The second-order valence-corrected chi connectivity index (χ2v) is 20.8. The predicted octanol–water partition coefficient (Wildman–Crippen LogP) is 10.2. The number of aliphatic hydroxyl groups excluding tert-OH is 7. The number of aliphatic hydroxyl groups is 7. The van der Waals surface area contributed by atoms with Gasteiger partial charge in [-0.05, 0) is 38.5 Å². The molecule has 0 bridgehead atoms. The Morgan fingerprint density at radius 1 is 0.451 bits per heavy atom. The summed E-state index contributed by atoms with van der Waals surface area (Å²) in [5.41, 5.74) is 0. The number of unbranched alkanes of at least 4 members (excludes halogenated alkanes) is 32. The maximum atomic E-state index is 13.0. The molecule has 14 heteroatoms. The highest BCUT2D eigenvalue weighted by atomic mass is 16.7. The van der Waals surface area contributed by atoms with Gasteiger partial charge in [0, 0.05) is 13.0 Å². The van der Waals surface area contributed by atoms with Crippen LogP contribution in [-0.4, -0.2) is 142 Å². The third kappa shape index (κ3) is 32.0. The molecule has 0 aromatic carbocycles. The van der Waals surface area contributed by atoms with Gasteiger partial charge in [-0.3, -0.25) is 4.79 Å². The normalized spacial score (nSPS) is 25.3. The molecule has 7 N–H and O–H groups in total. The zero-order valence-electron chi connectivity index (χ0n) is 45.0. The molecule has 0 aliphatic carbocycles. The minimum Gasteiger partial charge on any atom is -0.457 e. The van der Waals surface area contributed by atoms with Gasteiger partial charge in [0.05, 0.1) is 26.4 Å². The summed E-state index contributed by atoms with van der Waals surface area (Å²) in [4.78, 5) is 13.0. The first kappa shape index (κ1) is 65.8. The predicted molar refractivity (Wildman–Crippen MR) is 280 cm³/mol. The van der Waals surface area contributed by atoms with Crippen molar-refractivity contribution in [2.45, 2.75) is 313 Å². The van der Waals surface area contributed by atoms with Crippen LogP contribution in [0.5, 0.6) is 0 Å². The van der Waals surface area contributed by atoms with Gasteiger partial charge in [0.1, 0.15) is 54.9 Å². The first-order valence-electron chi connectivity index (χ1n) is 29.3. The van der Waals surface area contributed by atoms with Gasteiger partial charge in [0.15, 0.2) is 12.6 Å². The van der Waals surface area contributed by atoms with Crippen LogP contribution in [0.2, 0.25) is 0 Å². The summed E-state index contributed by atoms with van der Waals surface area (Å²) in [6.45, 7) is 3.73. The molecule has 420 valence electrons. The summed E-state index contributed by atoms with van der Waals surface area (Å²) in [7, 11) is 0. The molecule has 2 saturated heterocycles. The van der Waals surface area contributed by atoms with Gasteiger partial charge in [0.2, 0.25) is 0 Å². The van der Waals surface area contributed by atoms with E-state index in [9.17, 15) is 40.5 Å². The maximum Gasteiger partial charge on any atom is 0.306 e. The Labute approximate surface area is 431 Å². The highest BCUT2D eigenvalue weighted by molar-refractivity contribution is 5.69. The fourth-order valence-electron chi connectivity index (χ4n) is 9.52. The summed E-state index contributed by atoms with van der Waals surface area (Å²) >= 11 is 0. The zero-order chi connectivity index (χ0) is 51.6. The number of hydrogen-bond donors (Lipinski definition) is 7. The summed E-state index contributed by atoms with van der Waals surface area (Å²) < 4.78 is 34.4. The monoisotopic (exact) mass is 1020 g/mol. The third-order valence-electron chi connectivity index (χ3n) is 14.3. The van der Waals surface area contributed by atoms with E-state index in [1.165, 1.54) is 161 Å². The van der Waals surface area contributed by atoms with Crippen molar-refractivity contribution in [1.82, 2.24) is 0 Å². The van der Waals surface area contributed by atoms with E-state index >= 15 is 0 Å². The van der Waals surface area contributed by atoms with Crippen LogP contribution in [0, 0.1) is 0 Å². The SMILES string of the molecule is CCCCCCCC/C=C\CCCCCCCC(=O)OC(COCCCCCCCCCCCCCCCCCCCCCCCC)COC1OC(COC2OC(CO)C(O)C(O)C2O)C(O)C(O)C1O.